The first-order chi connectivity index (χ1) is 10.1. The SMILES string of the molecule is CCc1ccc(/C(C)=N/NC(=O)c2ccc(Br)cc2)cc1. The van der Waals surface area contributed by atoms with Gasteiger partial charge in [0.25, 0.3) is 5.91 Å². The van der Waals surface area contributed by atoms with Crippen molar-refractivity contribution < 1.29 is 4.79 Å². The van der Waals surface area contributed by atoms with Gasteiger partial charge in [-0.1, -0.05) is 47.1 Å². The molecule has 4 heteroatoms. The fourth-order valence-electron chi connectivity index (χ4n) is 1.85. The lowest BCUT2D eigenvalue weighted by Crippen LogP contribution is -2.19. The number of carbonyl (C=O) groups is 1. The number of nitrogens with one attached hydrogen (secondary N) is 1. The number of hydrazone groups is 1. The van der Waals surface area contributed by atoms with E-state index in [4.69, 9.17) is 0 Å². The van der Waals surface area contributed by atoms with Gasteiger partial charge in [-0.05, 0) is 48.7 Å². The number of amides is 1. The topological polar surface area (TPSA) is 41.5 Å². The van der Waals surface area contributed by atoms with Gasteiger partial charge < -0.3 is 0 Å². The summed E-state index contributed by atoms with van der Waals surface area (Å²) in [6.45, 7) is 4.00. The van der Waals surface area contributed by atoms with Crippen LogP contribution in [0.1, 0.15) is 35.3 Å². The molecule has 0 saturated heterocycles. The lowest BCUT2D eigenvalue weighted by Gasteiger charge is -2.04. The van der Waals surface area contributed by atoms with Gasteiger partial charge in [0.1, 0.15) is 0 Å². The summed E-state index contributed by atoms with van der Waals surface area (Å²) in [5.74, 6) is -0.216. The van der Waals surface area contributed by atoms with E-state index < -0.39 is 0 Å². The molecule has 21 heavy (non-hydrogen) atoms. The molecule has 2 aromatic carbocycles. The molecule has 0 aromatic heterocycles. The van der Waals surface area contributed by atoms with E-state index in [0.717, 1.165) is 22.2 Å². The molecule has 0 aliphatic rings. The summed E-state index contributed by atoms with van der Waals surface area (Å²) in [7, 11) is 0. The third-order valence-corrected chi connectivity index (χ3v) is 3.74. The van der Waals surface area contributed by atoms with Crippen molar-refractivity contribution in [1.82, 2.24) is 5.43 Å². The zero-order chi connectivity index (χ0) is 15.2. The van der Waals surface area contributed by atoms with E-state index >= 15 is 0 Å². The van der Waals surface area contributed by atoms with Crippen molar-refractivity contribution in [3.05, 3.63) is 69.7 Å². The second-order valence-electron chi connectivity index (χ2n) is 4.70. The average Bonchev–Trinajstić information content (AvgIpc) is 2.53. The number of benzene rings is 2. The van der Waals surface area contributed by atoms with Crippen LogP contribution < -0.4 is 5.43 Å². The summed E-state index contributed by atoms with van der Waals surface area (Å²) in [5, 5.41) is 4.15. The van der Waals surface area contributed by atoms with Crippen LogP contribution >= 0.6 is 15.9 Å². The molecule has 2 aromatic rings. The van der Waals surface area contributed by atoms with Gasteiger partial charge in [-0.2, -0.15) is 5.10 Å². The molecule has 1 N–H and O–H groups in total. The highest BCUT2D eigenvalue weighted by Gasteiger charge is 2.04. The molecule has 0 saturated carbocycles. The Morgan fingerprint density at radius 2 is 1.62 bits per heavy atom. The molecule has 0 bridgehead atoms. The van der Waals surface area contributed by atoms with Crippen molar-refractivity contribution in [1.29, 1.82) is 0 Å². The van der Waals surface area contributed by atoms with E-state index in [-0.39, 0.29) is 5.91 Å². The molecular weight excluding hydrogens is 328 g/mol. The average molecular weight is 345 g/mol. The van der Waals surface area contributed by atoms with Crippen LogP contribution in [0.4, 0.5) is 0 Å². The Balaban J connectivity index is 2.05. The molecular formula is C17H17BrN2O. The first kappa shape index (κ1) is 15.4. The largest absolute Gasteiger partial charge is 0.271 e. The molecule has 0 fully saturated rings. The van der Waals surface area contributed by atoms with Gasteiger partial charge in [-0.15, -0.1) is 0 Å². The second kappa shape index (κ2) is 7.18. The second-order valence-corrected chi connectivity index (χ2v) is 5.61. The number of aryl methyl sites for hydroxylation is 1. The van der Waals surface area contributed by atoms with E-state index in [2.05, 4.69) is 45.5 Å². The Hall–Kier alpha value is -1.94. The molecule has 3 nitrogen and oxygen atoms in total. The van der Waals surface area contributed by atoms with Crippen molar-refractivity contribution in [3.8, 4) is 0 Å². The van der Waals surface area contributed by atoms with Crippen molar-refractivity contribution in [2.24, 2.45) is 5.10 Å². The number of hydrogen-bond acceptors (Lipinski definition) is 2. The molecule has 2 rings (SSSR count). The van der Waals surface area contributed by atoms with Gasteiger partial charge in [0.2, 0.25) is 0 Å². The minimum absolute atomic E-state index is 0.216. The Morgan fingerprint density at radius 3 is 2.19 bits per heavy atom. The maximum atomic E-state index is 12.0. The Kier molecular flexibility index (Phi) is 5.28. The number of carbonyl (C=O) groups excluding carboxylic acids is 1. The van der Waals surface area contributed by atoms with Gasteiger partial charge >= 0.3 is 0 Å². The molecule has 0 atom stereocenters. The third-order valence-electron chi connectivity index (χ3n) is 3.21. The molecule has 0 radical (unpaired) electrons. The zero-order valence-electron chi connectivity index (χ0n) is 12.1. The van der Waals surface area contributed by atoms with E-state index in [1.807, 2.05) is 31.2 Å². The van der Waals surface area contributed by atoms with Crippen LogP contribution in [0, 0.1) is 0 Å². The van der Waals surface area contributed by atoms with Crippen molar-refractivity contribution in [2.45, 2.75) is 20.3 Å². The molecule has 0 heterocycles. The van der Waals surface area contributed by atoms with Crippen LogP contribution in [0.2, 0.25) is 0 Å². The summed E-state index contributed by atoms with van der Waals surface area (Å²) in [6, 6.07) is 15.3. The smallest absolute Gasteiger partial charge is 0.267 e. The Morgan fingerprint density at radius 1 is 1.05 bits per heavy atom. The predicted molar refractivity (Wildman–Crippen MR) is 89.6 cm³/mol. The third kappa shape index (κ3) is 4.26. The summed E-state index contributed by atoms with van der Waals surface area (Å²) in [6.07, 6.45) is 1.01. The van der Waals surface area contributed by atoms with E-state index in [9.17, 15) is 4.79 Å². The van der Waals surface area contributed by atoms with Gasteiger partial charge in [0, 0.05) is 10.0 Å². The molecule has 108 valence electrons. The lowest BCUT2D eigenvalue weighted by atomic mass is 10.1. The van der Waals surface area contributed by atoms with Gasteiger partial charge in [-0.3, -0.25) is 4.79 Å². The number of hydrogen-bond donors (Lipinski definition) is 1. The van der Waals surface area contributed by atoms with Crippen molar-refractivity contribution in [2.75, 3.05) is 0 Å². The molecule has 0 aliphatic carbocycles. The van der Waals surface area contributed by atoms with E-state index in [1.54, 1.807) is 12.1 Å². The summed E-state index contributed by atoms with van der Waals surface area (Å²) in [4.78, 5) is 12.0. The maximum Gasteiger partial charge on any atom is 0.271 e. The van der Waals surface area contributed by atoms with Crippen LogP contribution in [-0.2, 0) is 6.42 Å². The van der Waals surface area contributed by atoms with Crippen LogP contribution in [0.15, 0.2) is 58.1 Å². The normalized spacial score (nSPS) is 11.3. The monoisotopic (exact) mass is 344 g/mol. The first-order valence-electron chi connectivity index (χ1n) is 6.79. The highest BCUT2D eigenvalue weighted by molar-refractivity contribution is 9.10. The van der Waals surface area contributed by atoms with E-state index in [1.165, 1.54) is 5.56 Å². The van der Waals surface area contributed by atoms with Crippen molar-refractivity contribution in [3.63, 3.8) is 0 Å². The van der Waals surface area contributed by atoms with Crippen LogP contribution in [0.5, 0.6) is 0 Å². The van der Waals surface area contributed by atoms with Crippen LogP contribution in [-0.4, -0.2) is 11.6 Å². The maximum absolute atomic E-state index is 12.0. The number of halogens is 1. The lowest BCUT2D eigenvalue weighted by molar-refractivity contribution is 0.0955. The summed E-state index contributed by atoms with van der Waals surface area (Å²) < 4.78 is 0.940. The van der Waals surface area contributed by atoms with Crippen LogP contribution in [0.25, 0.3) is 0 Å². The highest BCUT2D eigenvalue weighted by atomic mass is 79.9. The minimum Gasteiger partial charge on any atom is -0.267 e. The summed E-state index contributed by atoms with van der Waals surface area (Å²) in [5.41, 5.74) is 6.23. The summed E-state index contributed by atoms with van der Waals surface area (Å²) >= 11 is 3.34. The Labute approximate surface area is 133 Å². The fraction of sp³-hybridized carbons (Fsp3) is 0.176. The number of rotatable bonds is 4. The van der Waals surface area contributed by atoms with Crippen molar-refractivity contribution >= 4 is 27.5 Å². The van der Waals surface area contributed by atoms with Gasteiger partial charge in [0.15, 0.2) is 0 Å². The van der Waals surface area contributed by atoms with Gasteiger partial charge in [-0.25, -0.2) is 5.43 Å². The Bertz CT molecular complexity index is 645. The quantitative estimate of drug-likeness (QED) is 0.656. The van der Waals surface area contributed by atoms with Gasteiger partial charge in [0.05, 0.1) is 5.71 Å². The standard InChI is InChI=1S/C17H17BrN2O/c1-3-13-4-6-14(7-5-13)12(2)19-20-17(21)15-8-10-16(18)11-9-15/h4-11H,3H2,1-2H3,(H,20,21)/b19-12+. The fourth-order valence-corrected chi connectivity index (χ4v) is 2.11. The number of nitrogens with zero attached hydrogens (tertiary/aromatic N) is 1. The highest BCUT2D eigenvalue weighted by Crippen LogP contribution is 2.10. The molecule has 0 unspecified atom stereocenters. The molecule has 0 aliphatic heterocycles. The molecule has 0 spiro atoms. The predicted octanol–water partition coefficient (Wildman–Crippen LogP) is 4.17. The van der Waals surface area contributed by atoms with Crippen LogP contribution in [0.3, 0.4) is 0 Å². The molecule has 1 amide bonds. The first-order valence-corrected chi connectivity index (χ1v) is 7.59. The zero-order valence-corrected chi connectivity index (χ0v) is 13.6. The minimum atomic E-state index is -0.216. The van der Waals surface area contributed by atoms with E-state index in [0.29, 0.717) is 5.56 Å².